The monoisotopic (exact) mass is 259 g/mol. The van der Waals surface area contributed by atoms with E-state index in [0.717, 1.165) is 10.6 Å². The summed E-state index contributed by atoms with van der Waals surface area (Å²) in [7, 11) is 0. The second-order valence-electron chi connectivity index (χ2n) is 3.61. The van der Waals surface area contributed by atoms with Crippen LogP contribution in [0.1, 0.15) is 11.3 Å². The highest BCUT2D eigenvalue weighted by Crippen LogP contribution is 2.24. The zero-order valence-corrected chi connectivity index (χ0v) is 10.5. The van der Waals surface area contributed by atoms with Crippen LogP contribution in [0.15, 0.2) is 58.7 Å². The maximum absolute atomic E-state index is 8.71. The normalized spacial score (nSPS) is 11.4. The first-order valence-electron chi connectivity index (χ1n) is 5.41. The van der Waals surface area contributed by atoms with Crippen molar-refractivity contribution in [2.75, 3.05) is 0 Å². The molecule has 0 aliphatic rings. The molecule has 2 aromatic rings. The number of pyridine rings is 1. The molecule has 0 saturated heterocycles. The van der Waals surface area contributed by atoms with Crippen molar-refractivity contribution in [1.29, 1.82) is 0 Å². The largest absolute Gasteiger partial charge is 0.409 e. The molecule has 92 valence electrons. The Hall–Kier alpha value is -2.01. The third kappa shape index (κ3) is 3.01. The van der Waals surface area contributed by atoms with E-state index in [4.69, 9.17) is 10.9 Å². The highest BCUT2D eigenvalue weighted by molar-refractivity contribution is 7.98. The van der Waals surface area contributed by atoms with Crippen molar-refractivity contribution < 1.29 is 5.21 Å². The summed E-state index contributed by atoms with van der Waals surface area (Å²) in [6.07, 6.45) is 1.62. The molecule has 0 aliphatic carbocycles. The lowest BCUT2D eigenvalue weighted by Crippen LogP contribution is -2.16. The molecule has 5 heteroatoms. The van der Waals surface area contributed by atoms with Crippen molar-refractivity contribution in [3.8, 4) is 0 Å². The van der Waals surface area contributed by atoms with Gasteiger partial charge in [0, 0.05) is 16.8 Å². The van der Waals surface area contributed by atoms with E-state index in [1.165, 1.54) is 5.56 Å². The van der Waals surface area contributed by atoms with Gasteiger partial charge in [-0.2, -0.15) is 0 Å². The summed E-state index contributed by atoms with van der Waals surface area (Å²) in [4.78, 5) is 5.02. The number of rotatable bonds is 4. The van der Waals surface area contributed by atoms with Gasteiger partial charge in [0.1, 0.15) is 5.69 Å². The van der Waals surface area contributed by atoms with Crippen molar-refractivity contribution >= 4 is 17.6 Å². The first-order chi connectivity index (χ1) is 8.81. The molecule has 0 unspecified atom stereocenters. The molecular weight excluding hydrogens is 246 g/mol. The van der Waals surface area contributed by atoms with Crippen molar-refractivity contribution in [2.45, 2.75) is 10.6 Å². The number of benzene rings is 1. The van der Waals surface area contributed by atoms with Crippen LogP contribution in [0.5, 0.6) is 0 Å². The van der Waals surface area contributed by atoms with Crippen LogP contribution in [-0.4, -0.2) is 16.0 Å². The fourth-order valence-electron chi connectivity index (χ4n) is 1.48. The number of thioether (sulfide) groups is 1. The number of nitrogens with zero attached hydrogens (tertiary/aromatic N) is 2. The topological polar surface area (TPSA) is 71.5 Å². The third-order valence-electron chi connectivity index (χ3n) is 2.36. The van der Waals surface area contributed by atoms with Gasteiger partial charge in [0.15, 0.2) is 5.84 Å². The lowest BCUT2D eigenvalue weighted by atomic mass is 10.2. The predicted octanol–water partition coefficient (Wildman–Crippen LogP) is 2.47. The molecule has 1 heterocycles. The van der Waals surface area contributed by atoms with Crippen LogP contribution in [-0.2, 0) is 5.75 Å². The fraction of sp³-hybridized carbons (Fsp3) is 0.0769. The molecule has 1 aromatic carbocycles. The van der Waals surface area contributed by atoms with Gasteiger partial charge >= 0.3 is 0 Å². The number of hydrogen-bond donors (Lipinski definition) is 2. The lowest BCUT2D eigenvalue weighted by molar-refractivity contribution is 0.318. The molecule has 0 amide bonds. The maximum Gasteiger partial charge on any atom is 0.189 e. The highest BCUT2D eigenvalue weighted by atomic mass is 32.2. The highest BCUT2D eigenvalue weighted by Gasteiger charge is 2.08. The Kier molecular flexibility index (Phi) is 4.20. The van der Waals surface area contributed by atoms with Gasteiger partial charge in [-0.15, -0.1) is 11.8 Å². The zero-order chi connectivity index (χ0) is 12.8. The maximum atomic E-state index is 8.71. The summed E-state index contributed by atoms with van der Waals surface area (Å²) in [5, 5.41) is 11.7. The van der Waals surface area contributed by atoms with E-state index >= 15 is 0 Å². The van der Waals surface area contributed by atoms with E-state index < -0.39 is 0 Å². The van der Waals surface area contributed by atoms with E-state index in [0.29, 0.717) is 5.69 Å². The molecule has 0 fully saturated rings. The van der Waals surface area contributed by atoms with E-state index in [9.17, 15) is 0 Å². The standard InChI is InChI=1S/C13H13N3OS/c14-13(16-17)12-11(7-4-8-15-12)18-9-10-5-2-1-3-6-10/h1-8,17H,9H2,(H2,14,16). The molecule has 18 heavy (non-hydrogen) atoms. The molecule has 0 spiro atoms. The average molecular weight is 259 g/mol. The Morgan fingerprint density at radius 2 is 2.00 bits per heavy atom. The second kappa shape index (κ2) is 6.07. The van der Waals surface area contributed by atoms with Crippen LogP contribution in [0.2, 0.25) is 0 Å². The van der Waals surface area contributed by atoms with Crippen LogP contribution in [0.4, 0.5) is 0 Å². The number of hydrogen-bond acceptors (Lipinski definition) is 4. The number of aromatic nitrogens is 1. The van der Waals surface area contributed by atoms with Crippen LogP contribution < -0.4 is 5.73 Å². The molecular formula is C13H13N3OS. The summed E-state index contributed by atoms with van der Waals surface area (Å²) in [5.41, 5.74) is 7.32. The molecule has 0 atom stereocenters. The van der Waals surface area contributed by atoms with E-state index in [1.54, 1.807) is 18.0 Å². The van der Waals surface area contributed by atoms with Gasteiger partial charge in [-0.25, -0.2) is 0 Å². The van der Waals surface area contributed by atoms with E-state index in [2.05, 4.69) is 22.3 Å². The van der Waals surface area contributed by atoms with Crippen molar-refractivity contribution in [3.05, 3.63) is 59.9 Å². The van der Waals surface area contributed by atoms with Gasteiger partial charge in [-0.1, -0.05) is 35.5 Å². The van der Waals surface area contributed by atoms with E-state index in [-0.39, 0.29) is 5.84 Å². The molecule has 0 aliphatic heterocycles. The first kappa shape index (κ1) is 12.4. The summed E-state index contributed by atoms with van der Waals surface area (Å²) in [5.74, 6) is 0.851. The molecule has 1 aromatic heterocycles. The Morgan fingerprint density at radius 1 is 1.22 bits per heavy atom. The molecule has 2 rings (SSSR count). The molecule has 0 bridgehead atoms. The van der Waals surface area contributed by atoms with Crippen molar-refractivity contribution in [3.63, 3.8) is 0 Å². The van der Waals surface area contributed by atoms with Gasteiger partial charge in [-0.05, 0) is 17.7 Å². The Balaban J connectivity index is 2.15. The fourth-order valence-corrected chi connectivity index (χ4v) is 2.47. The average Bonchev–Trinajstić information content (AvgIpc) is 2.45. The van der Waals surface area contributed by atoms with Gasteiger partial charge in [-0.3, -0.25) is 4.98 Å². The van der Waals surface area contributed by atoms with Gasteiger partial charge in [0.25, 0.3) is 0 Å². The summed E-state index contributed by atoms with van der Waals surface area (Å²) >= 11 is 1.61. The van der Waals surface area contributed by atoms with Gasteiger partial charge in [0.05, 0.1) is 0 Å². The third-order valence-corrected chi connectivity index (χ3v) is 3.48. The second-order valence-corrected chi connectivity index (χ2v) is 4.63. The minimum atomic E-state index is 0.0335. The van der Waals surface area contributed by atoms with Gasteiger partial charge in [0.2, 0.25) is 0 Å². The number of amidine groups is 1. The van der Waals surface area contributed by atoms with E-state index in [1.807, 2.05) is 30.3 Å². The molecule has 0 saturated carbocycles. The zero-order valence-electron chi connectivity index (χ0n) is 9.65. The Labute approximate surface area is 110 Å². The first-order valence-corrected chi connectivity index (χ1v) is 6.39. The van der Waals surface area contributed by atoms with Crippen LogP contribution in [0.3, 0.4) is 0 Å². The smallest absolute Gasteiger partial charge is 0.189 e. The number of nitrogens with two attached hydrogens (primary N) is 1. The minimum absolute atomic E-state index is 0.0335. The molecule has 4 nitrogen and oxygen atoms in total. The minimum Gasteiger partial charge on any atom is -0.409 e. The molecule has 0 radical (unpaired) electrons. The lowest BCUT2D eigenvalue weighted by Gasteiger charge is -2.06. The van der Waals surface area contributed by atoms with Crippen molar-refractivity contribution in [1.82, 2.24) is 4.98 Å². The summed E-state index contributed by atoms with van der Waals surface area (Å²) < 4.78 is 0. The SMILES string of the molecule is N/C(=N/O)c1ncccc1SCc1ccccc1. The number of oxime groups is 1. The van der Waals surface area contributed by atoms with Crippen LogP contribution in [0.25, 0.3) is 0 Å². The molecule has 3 N–H and O–H groups in total. The van der Waals surface area contributed by atoms with Crippen molar-refractivity contribution in [2.24, 2.45) is 10.9 Å². The summed E-state index contributed by atoms with van der Waals surface area (Å²) in [6.45, 7) is 0. The van der Waals surface area contributed by atoms with Crippen LogP contribution >= 0.6 is 11.8 Å². The Bertz CT molecular complexity index is 543. The quantitative estimate of drug-likeness (QED) is 0.291. The Morgan fingerprint density at radius 3 is 2.72 bits per heavy atom. The predicted molar refractivity (Wildman–Crippen MR) is 72.8 cm³/mol. The summed E-state index contributed by atoms with van der Waals surface area (Å²) in [6, 6.07) is 13.9. The van der Waals surface area contributed by atoms with Gasteiger partial charge < -0.3 is 10.9 Å². The van der Waals surface area contributed by atoms with Crippen LogP contribution in [0, 0.1) is 0 Å².